The Morgan fingerprint density at radius 2 is 1.89 bits per heavy atom. The molecule has 3 nitrogen and oxygen atoms in total. The molecule has 3 N–H and O–H groups in total. The van der Waals surface area contributed by atoms with E-state index in [1.54, 1.807) is 12.1 Å². The van der Waals surface area contributed by atoms with Crippen LogP contribution < -0.4 is 10.5 Å². The molecule has 0 aliphatic rings. The lowest BCUT2D eigenvalue weighted by molar-refractivity contribution is 0.306. The molecule has 0 saturated heterocycles. The summed E-state index contributed by atoms with van der Waals surface area (Å²) < 4.78 is 5.69. The SMILES string of the molecule is Cc1ccc(Cl)c(OCc2ccc(C(=N)N)cc2)c1. The number of nitrogens with one attached hydrogen (secondary N) is 1. The molecule has 0 spiro atoms. The first-order valence-corrected chi connectivity index (χ1v) is 6.26. The third kappa shape index (κ3) is 3.48. The van der Waals surface area contributed by atoms with Crippen LogP contribution in [0.5, 0.6) is 5.75 Å². The highest BCUT2D eigenvalue weighted by Crippen LogP contribution is 2.26. The van der Waals surface area contributed by atoms with E-state index in [1.165, 1.54) is 0 Å². The largest absolute Gasteiger partial charge is 0.487 e. The molecule has 19 heavy (non-hydrogen) atoms. The monoisotopic (exact) mass is 274 g/mol. The van der Waals surface area contributed by atoms with Crippen molar-refractivity contribution in [3.8, 4) is 5.75 Å². The highest BCUT2D eigenvalue weighted by molar-refractivity contribution is 6.32. The predicted molar refractivity (Wildman–Crippen MR) is 78.0 cm³/mol. The lowest BCUT2D eigenvalue weighted by Gasteiger charge is -2.09. The molecular formula is C15H15ClN2O. The molecular weight excluding hydrogens is 260 g/mol. The summed E-state index contributed by atoms with van der Waals surface area (Å²) in [5, 5.41) is 7.93. The summed E-state index contributed by atoms with van der Waals surface area (Å²) in [7, 11) is 0. The Balaban J connectivity index is 2.06. The van der Waals surface area contributed by atoms with Gasteiger partial charge >= 0.3 is 0 Å². The lowest BCUT2D eigenvalue weighted by Crippen LogP contribution is -2.10. The van der Waals surface area contributed by atoms with Gasteiger partial charge in [-0.15, -0.1) is 0 Å². The Kier molecular flexibility index (Phi) is 4.07. The van der Waals surface area contributed by atoms with E-state index in [0.29, 0.717) is 22.9 Å². The van der Waals surface area contributed by atoms with Crippen LogP contribution in [0, 0.1) is 12.3 Å². The van der Waals surface area contributed by atoms with E-state index in [4.69, 9.17) is 27.5 Å². The van der Waals surface area contributed by atoms with Gasteiger partial charge in [-0.25, -0.2) is 0 Å². The number of rotatable bonds is 4. The van der Waals surface area contributed by atoms with Crippen LogP contribution in [-0.2, 0) is 6.61 Å². The van der Waals surface area contributed by atoms with E-state index >= 15 is 0 Å². The Hall–Kier alpha value is -2.00. The topological polar surface area (TPSA) is 59.1 Å². The molecule has 2 aromatic rings. The second-order valence-electron chi connectivity index (χ2n) is 4.33. The van der Waals surface area contributed by atoms with Crippen molar-refractivity contribution >= 4 is 17.4 Å². The third-order valence-corrected chi connectivity index (χ3v) is 3.06. The maximum Gasteiger partial charge on any atom is 0.138 e. The Labute approximate surface area is 117 Å². The van der Waals surface area contributed by atoms with Crippen LogP contribution in [0.3, 0.4) is 0 Å². The molecule has 0 unspecified atom stereocenters. The maximum atomic E-state index is 7.32. The zero-order valence-electron chi connectivity index (χ0n) is 10.6. The summed E-state index contributed by atoms with van der Waals surface area (Å²) in [4.78, 5) is 0. The van der Waals surface area contributed by atoms with E-state index in [1.807, 2.05) is 37.3 Å². The Morgan fingerprint density at radius 1 is 1.21 bits per heavy atom. The summed E-state index contributed by atoms with van der Waals surface area (Å²) in [5.74, 6) is 0.742. The number of halogens is 1. The van der Waals surface area contributed by atoms with Crippen LogP contribution in [0.2, 0.25) is 5.02 Å². The highest BCUT2D eigenvalue weighted by Gasteiger charge is 2.03. The van der Waals surface area contributed by atoms with Crippen LogP contribution in [0.4, 0.5) is 0 Å². The number of nitrogen functional groups attached to an aromatic ring is 1. The number of nitrogens with two attached hydrogens (primary N) is 1. The zero-order chi connectivity index (χ0) is 13.8. The van der Waals surface area contributed by atoms with Crippen molar-refractivity contribution < 1.29 is 4.74 Å². The summed E-state index contributed by atoms with van der Waals surface area (Å²) in [6.07, 6.45) is 0. The molecule has 0 amide bonds. The zero-order valence-corrected chi connectivity index (χ0v) is 11.4. The minimum Gasteiger partial charge on any atom is -0.487 e. The van der Waals surface area contributed by atoms with Gasteiger partial charge in [-0.2, -0.15) is 0 Å². The first-order valence-electron chi connectivity index (χ1n) is 5.88. The summed E-state index contributed by atoms with van der Waals surface area (Å²) in [6.45, 7) is 2.42. The molecule has 0 aliphatic heterocycles. The highest BCUT2D eigenvalue weighted by atomic mass is 35.5. The van der Waals surface area contributed by atoms with E-state index in [-0.39, 0.29) is 5.84 Å². The van der Waals surface area contributed by atoms with Crippen molar-refractivity contribution in [1.82, 2.24) is 0 Å². The fourth-order valence-corrected chi connectivity index (χ4v) is 1.83. The Bertz CT molecular complexity index is 594. The number of hydrogen-bond acceptors (Lipinski definition) is 2. The van der Waals surface area contributed by atoms with Crippen molar-refractivity contribution in [2.75, 3.05) is 0 Å². The minimum absolute atomic E-state index is 0.0641. The molecule has 0 aromatic heterocycles. The molecule has 2 aromatic carbocycles. The van der Waals surface area contributed by atoms with Crippen LogP contribution >= 0.6 is 11.6 Å². The van der Waals surface area contributed by atoms with Gasteiger partial charge in [0.25, 0.3) is 0 Å². The fourth-order valence-electron chi connectivity index (χ4n) is 1.66. The molecule has 0 radical (unpaired) electrons. The van der Waals surface area contributed by atoms with Crippen molar-refractivity contribution in [2.24, 2.45) is 5.73 Å². The molecule has 0 fully saturated rings. The van der Waals surface area contributed by atoms with Crippen molar-refractivity contribution in [3.05, 3.63) is 64.2 Å². The summed E-state index contributed by atoms with van der Waals surface area (Å²) in [6, 6.07) is 13.1. The molecule has 0 bridgehead atoms. The lowest BCUT2D eigenvalue weighted by atomic mass is 10.1. The number of ether oxygens (including phenoxy) is 1. The van der Waals surface area contributed by atoms with Crippen molar-refractivity contribution in [2.45, 2.75) is 13.5 Å². The molecule has 4 heteroatoms. The normalized spacial score (nSPS) is 10.2. The van der Waals surface area contributed by atoms with Gasteiger partial charge in [0.1, 0.15) is 18.2 Å². The van der Waals surface area contributed by atoms with Gasteiger partial charge < -0.3 is 10.5 Å². The summed E-state index contributed by atoms with van der Waals surface area (Å²) in [5.41, 5.74) is 8.21. The fraction of sp³-hybridized carbons (Fsp3) is 0.133. The number of hydrogen-bond donors (Lipinski definition) is 2. The second kappa shape index (κ2) is 5.76. The van der Waals surface area contributed by atoms with Gasteiger partial charge in [0.2, 0.25) is 0 Å². The van der Waals surface area contributed by atoms with Crippen LogP contribution in [-0.4, -0.2) is 5.84 Å². The number of amidine groups is 1. The first-order chi connectivity index (χ1) is 9.06. The molecule has 0 saturated carbocycles. The number of benzene rings is 2. The predicted octanol–water partition coefficient (Wildman–Crippen LogP) is 3.51. The van der Waals surface area contributed by atoms with Gasteiger partial charge in [0, 0.05) is 5.56 Å². The van der Waals surface area contributed by atoms with E-state index in [0.717, 1.165) is 11.1 Å². The Morgan fingerprint density at radius 3 is 2.53 bits per heavy atom. The smallest absolute Gasteiger partial charge is 0.138 e. The van der Waals surface area contributed by atoms with Crippen molar-refractivity contribution in [1.29, 1.82) is 5.41 Å². The van der Waals surface area contributed by atoms with Crippen LogP contribution in [0.1, 0.15) is 16.7 Å². The number of aryl methyl sites for hydroxylation is 1. The van der Waals surface area contributed by atoms with Gasteiger partial charge in [-0.05, 0) is 30.2 Å². The molecule has 0 heterocycles. The van der Waals surface area contributed by atoms with Crippen LogP contribution in [0.15, 0.2) is 42.5 Å². The van der Waals surface area contributed by atoms with Crippen molar-refractivity contribution in [3.63, 3.8) is 0 Å². The molecule has 2 rings (SSSR count). The van der Waals surface area contributed by atoms with Gasteiger partial charge in [-0.3, -0.25) is 5.41 Å². The average molecular weight is 275 g/mol. The van der Waals surface area contributed by atoms with E-state index in [9.17, 15) is 0 Å². The maximum absolute atomic E-state index is 7.32. The first kappa shape index (κ1) is 13.4. The van der Waals surface area contributed by atoms with Gasteiger partial charge in [-0.1, -0.05) is 41.9 Å². The van der Waals surface area contributed by atoms with Gasteiger partial charge in [0.05, 0.1) is 5.02 Å². The van der Waals surface area contributed by atoms with Gasteiger partial charge in [0.15, 0.2) is 0 Å². The molecule has 0 atom stereocenters. The average Bonchev–Trinajstić information content (AvgIpc) is 2.40. The third-order valence-electron chi connectivity index (χ3n) is 2.75. The second-order valence-corrected chi connectivity index (χ2v) is 4.74. The quantitative estimate of drug-likeness (QED) is 0.662. The van der Waals surface area contributed by atoms with E-state index < -0.39 is 0 Å². The standard InChI is InChI=1S/C15H15ClN2O/c1-10-2-7-13(16)14(8-10)19-9-11-3-5-12(6-4-11)15(17)18/h2-8H,9H2,1H3,(H3,17,18). The minimum atomic E-state index is 0.0641. The van der Waals surface area contributed by atoms with E-state index in [2.05, 4.69) is 0 Å². The summed E-state index contributed by atoms with van der Waals surface area (Å²) >= 11 is 6.06. The molecule has 98 valence electrons. The molecule has 0 aliphatic carbocycles. The van der Waals surface area contributed by atoms with Crippen LogP contribution in [0.25, 0.3) is 0 Å².